The quantitative estimate of drug-likeness (QED) is 0.712. The summed E-state index contributed by atoms with van der Waals surface area (Å²) in [5.41, 5.74) is 4.56. The number of nitrogens with one attached hydrogen (secondary N) is 1. The summed E-state index contributed by atoms with van der Waals surface area (Å²) in [6.45, 7) is 15.9. The summed E-state index contributed by atoms with van der Waals surface area (Å²) in [6.07, 6.45) is 2.36. The molecule has 19 heavy (non-hydrogen) atoms. The van der Waals surface area contributed by atoms with E-state index >= 15 is 0 Å². The monoisotopic (exact) mass is 261 g/mol. The van der Waals surface area contributed by atoms with Gasteiger partial charge in [-0.2, -0.15) is 0 Å². The van der Waals surface area contributed by atoms with Crippen molar-refractivity contribution in [2.45, 2.75) is 54.4 Å². The van der Waals surface area contributed by atoms with E-state index in [9.17, 15) is 0 Å². The van der Waals surface area contributed by atoms with Crippen molar-refractivity contribution >= 4 is 0 Å². The third kappa shape index (κ3) is 4.99. The van der Waals surface area contributed by atoms with Gasteiger partial charge >= 0.3 is 0 Å². The summed E-state index contributed by atoms with van der Waals surface area (Å²) in [7, 11) is 0. The molecular formula is C18H31N. The van der Waals surface area contributed by atoms with Crippen molar-refractivity contribution in [3.63, 3.8) is 0 Å². The molecule has 1 nitrogen and oxygen atoms in total. The van der Waals surface area contributed by atoms with Gasteiger partial charge in [-0.1, -0.05) is 57.0 Å². The van der Waals surface area contributed by atoms with E-state index in [1.165, 1.54) is 23.1 Å². The summed E-state index contributed by atoms with van der Waals surface area (Å²) in [4.78, 5) is 0. The second kappa shape index (κ2) is 7.09. The molecule has 1 aromatic carbocycles. The normalized spacial score (nSPS) is 14.7. The summed E-state index contributed by atoms with van der Waals surface area (Å²) in [6, 6.07) is 6.94. The Hall–Kier alpha value is -0.820. The Bertz CT molecular complexity index is 374. The van der Waals surface area contributed by atoms with Crippen molar-refractivity contribution < 1.29 is 0 Å². The van der Waals surface area contributed by atoms with Crippen LogP contribution in [0.2, 0.25) is 0 Å². The first-order chi connectivity index (χ1) is 8.87. The van der Waals surface area contributed by atoms with Crippen LogP contribution in [0.25, 0.3) is 0 Å². The number of rotatable bonds is 7. The van der Waals surface area contributed by atoms with E-state index < -0.39 is 0 Å². The van der Waals surface area contributed by atoms with Crippen LogP contribution in [0.5, 0.6) is 0 Å². The van der Waals surface area contributed by atoms with Gasteiger partial charge in [0.05, 0.1) is 0 Å². The Morgan fingerprint density at radius 1 is 1.11 bits per heavy atom. The maximum Gasteiger partial charge on any atom is 0.00108 e. The lowest BCUT2D eigenvalue weighted by molar-refractivity contribution is 0.207. The Kier molecular flexibility index (Phi) is 6.06. The maximum atomic E-state index is 3.61. The van der Waals surface area contributed by atoms with E-state index in [1.807, 2.05) is 0 Å². The van der Waals surface area contributed by atoms with Crippen molar-refractivity contribution in [1.82, 2.24) is 5.32 Å². The van der Waals surface area contributed by atoms with Crippen molar-refractivity contribution in [3.05, 3.63) is 34.9 Å². The molecule has 0 aliphatic heterocycles. The summed E-state index contributed by atoms with van der Waals surface area (Å²) in [5, 5.41) is 3.61. The van der Waals surface area contributed by atoms with E-state index in [0.29, 0.717) is 11.3 Å². The number of hydrogen-bond acceptors (Lipinski definition) is 1. The molecule has 0 heterocycles. The molecule has 1 N–H and O–H groups in total. The second-order valence-corrected chi connectivity index (χ2v) is 6.66. The van der Waals surface area contributed by atoms with Crippen LogP contribution in [-0.2, 0) is 6.42 Å². The zero-order valence-electron chi connectivity index (χ0n) is 13.6. The van der Waals surface area contributed by atoms with Gasteiger partial charge < -0.3 is 5.32 Å². The molecule has 1 rings (SSSR count). The highest BCUT2D eigenvalue weighted by molar-refractivity contribution is 5.29. The molecule has 0 radical (unpaired) electrons. The summed E-state index contributed by atoms with van der Waals surface area (Å²) < 4.78 is 0. The average molecular weight is 261 g/mol. The van der Waals surface area contributed by atoms with Crippen LogP contribution in [0, 0.1) is 25.2 Å². The maximum absolute atomic E-state index is 3.61. The molecule has 0 bridgehead atoms. The predicted octanol–water partition coefficient (Wildman–Crippen LogP) is 4.51. The van der Waals surface area contributed by atoms with Crippen LogP contribution in [0.4, 0.5) is 0 Å². The largest absolute Gasteiger partial charge is 0.316 e. The van der Waals surface area contributed by atoms with Crippen LogP contribution < -0.4 is 5.32 Å². The van der Waals surface area contributed by atoms with Crippen molar-refractivity contribution in [2.75, 3.05) is 13.1 Å². The van der Waals surface area contributed by atoms with Crippen LogP contribution in [-0.4, -0.2) is 13.1 Å². The Labute approximate surface area is 119 Å². The van der Waals surface area contributed by atoms with Crippen LogP contribution in [0.1, 0.15) is 50.8 Å². The van der Waals surface area contributed by atoms with E-state index in [2.05, 4.69) is 65.1 Å². The Morgan fingerprint density at radius 3 is 2.16 bits per heavy atom. The zero-order valence-corrected chi connectivity index (χ0v) is 13.6. The smallest absolute Gasteiger partial charge is 0.00108 e. The zero-order chi connectivity index (χ0) is 14.5. The lowest BCUT2D eigenvalue weighted by Crippen LogP contribution is -2.38. The van der Waals surface area contributed by atoms with Crippen molar-refractivity contribution in [3.8, 4) is 0 Å². The van der Waals surface area contributed by atoms with Gasteiger partial charge in [-0.15, -0.1) is 0 Å². The number of hydrogen-bond donors (Lipinski definition) is 1. The first-order valence-electron chi connectivity index (χ1n) is 7.65. The molecule has 0 amide bonds. The van der Waals surface area contributed by atoms with E-state index in [-0.39, 0.29) is 0 Å². The highest BCUT2D eigenvalue weighted by Gasteiger charge is 2.28. The topological polar surface area (TPSA) is 12.0 Å². The third-order valence-corrected chi connectivity index (χ3v) is 4.24. The fraction of sp³-hybridized carbons (Fsp3) is 0.667. The lowest BCUT2D eigenvalue weighted by atomic mass is 9.74. The molecule has 0 aromatic heterocycles. The SMILES string of the molecule is CCCNCC(C)(Cc1cc(C)cc(C)c1)C(C)C. The van der Waals surface area contributed by atoms with Crippen LogP contribution >= 0.6 is 0 Å². The molecule has 0 fully saturated rings. The van der Waals surface area contributed by atoms with Gasteiger partial charge in [0.15, 0.2) is 0 Å². The molecule has 0 aliphatic rings. The minimum Gasteiger partial charge on any atom is -0.316 e. The highest BCUT2D eigenvalue weighted by Crippen LogP contribution is 2.31. The van der Waals surface area contributed by atoms with Gasteiger partial charge in [0.2, 0.25) is 0 Å². The third-order valence-electron chi connectivity index (χ3n) is 4.24. The van der Waals surface area contributed by atoms with Gasteiger partial charge in [0.25, 0.3) is 0 Å². The van der Waals surface area contributed by atoms with E-state index in [1.54, 1.807) is 0 Å². The van der Waals surface area contributed by atoms with Crippen molar-refractivity contribution in [2.24, 2.45) is 11.3 Å². The van der Waals surface area contributed by atoms with Gasteiger partial charge in [-0.3, -0.25) is 0 Å². The molecule has 0 saturated carbocycles. The first kappa shape index (κ1) is 16.2. The fourth-order valence-electron chi connectivity index (χ4n) is 2.66. The standard InChI is InChI=1S/C18H31N/c1-7-8-19-13-18(6,14(2)3)12-17-10-15(4)9-16(5)11-17/h9-11,14,19H,7-8,12-13H2,1-6H3. The number of benzene rings is 1. The molecular weight excluding hydrogens is 230 g/mol. The van der Waals surface area contributed by atoms with Gasteiger partial charge in [-0.25, -0.2) is 0 Å². The molecule has 0 spiro atoms. The molecule has 0 saturated heterocycles. The second-order valence-electron chi connectivity index (χ2n) is 6.66. The van der Waals surface area contributed by atoms with Gasteiger partial charge in [0.1, 0.15) is 0 Å². The number of aryl methyl sites for hydroxylation is 2. The summed E-state index contributed by atoms with van der Waals surface area (Å²) in [5.74, 6) is 0.678. The minimum absolute atomic E-state index is 0.329. The molecule has 108 valence electrons. The Morgan fingerprint density at radius 2 is 1.68 bits per heavy atom. The Balaban J connectivity index is 2.82. The molecule has 1 atom stereocenters. The fourth-order valence-corrected chi connectivity index (χ4v) is 2.66. The molecule has 0 aliphatic carbocycles. The average Bonchev–Trinajstić information content (AvgIpc) is 2.27. The van der Waals surface area contributed by atoms with Crippen molar-refractivity contribution in [1.29, 1.82) is 0 Å². The van der Waals surface area contributed by atoms with Crippen LogP contribution in [0.15, 0.2) is 18.2 Å². The van der Waals surface area contributed by atoms with Gasteiger partial charge in [0, 0.05) is 6.54 Å². The minimum atomic E-state index is 0.329. The van der Waals surface area contributed by atoms with E-state index in [0.717, 1.165) is 19.5 Å². The lowest BCUT2D eigenvalue weighted by Gasteiger charge is -2.34. The highest BCUT2D eigenvalue weighted by atomic mass is 14.9. The molecule has 1 unspecified atom stereocenters. The van der Waals surface area contributed by atoms with Gasteiger partial charge in [-0.05, 0) is 50.1 Å². The first-order valence-corrected chi connectivity index (χ1v) is 7.65. The molecule has 1 heteroatoms. The van der Waals surface area contributed by atoms with E-state index in [4.69, 9.17) is 0 Å². The predicted molar refractivity (Wildman–Crippen MR) is 85.7 cm³/mol. The summed E-state index contributed by atoms with van der Waals surface area (Å²) >= 11 is 0. The van der Waals surface area contributed by atoms with Crippen LogP contribution in [0.3, 0.4) is 0 Å². The molecule has 1 aromatic rings.